The van der Waals surface area contributed by atoms with Gasteiger partial charge in [0.05, 0.1) is 5.56 Å². The molecule has 1 fully saturated rings. The van der Waals surface area contributed by atoms with E-state index in [9.17, 15) is 13.2 Å². The molecule has 2 nitrogen and oxygen atoms in total. The number of hydrogen-bond acceptors (Lipinski definition) is 2. The van der Waals surface area contributed by atoms with Crippen LogP contribution in [0.2, 0.25) is 0 Å². The number of benzene rings is 1. The fourth-order valence-corrected chi connectivity index (χ4v) is 2.86. The number of piperidine rings is 1. The van der Waals surface area contributed by atoms with Gasteiger partial charge in [0.1, 0.15) is 0 Å². The molecule has 2 rings (SSSR count). The van der Waals surface area contributed by atoms with Crippen molar-refractivity contribution in [2.45, 2.75) is 38.4 Å². The summed E-state index contributed by atoms with van der Waals surface area (Å²) in [7, 11) is 0. The molecule has 0 aliphatic carbocycles. The molecule has 0 aromatic heterocycles. The van der Waals surface area contributed by atoms with Gasteiger partial charge in [-0.15, -0.1) is 6.58 Å². The lowest BCUT2D eigenvalue weighted by molar-refractivity contribution is -0.137. The second-order valence-electron chi connectivity index (χ2n) is 6.22. The highest BCUT2D eigenvalue weighted by atomic mass is 19.4. The molecule has 1 aliphatic heterocycles. The fraction of sp³-hybridized carbons (Fsp3) is 0.529. The maximum atomic E-state index is 12.9. The van der Waals surface area contributed by atoms with E-state index in [1.54, 1.807) is 6.07 Å². The number of halogens is 3. The Morgan fingerprint density at radius 3 is 2.50 bits per heavy atom. The molecule has 22 heavy (non-hydrogen) atoms. The Hall–Kier alpha value is -1.49. The third-order valence-electron chi connectivity index (χ3n) is 4.42. The number of rotatable bonds is 4. The van der Waals surface area contributed by atoms with Gasteiger partial charge in [-0.2, -0.15) is 13.2 Å². The first-order valence-electron chi connectivity index (χ1n) is 7.54. The summed E-state index contributed by atoms with van der Waals surface area (Å²) in [6, 6.07) is 3.98. The highest BCUT2D eigenvalue weighted by Gasteiger charge is 2.33. The van der Waals surface area contributed by atoms with Crippen molar-refractivity contribution in [2.24, 2.45) is 0 Å². The summed E-state index contributed by atoms with van der Waals surface area (Å²) in [6.07, 6.45) is -0.667. The number of nitrogens with zero attached hydrogens (tertiary/aromatic N) is 1. The van der Waals surface area contributed by atoms with Crippen molar-refractivity contribution in [3.8, 4) is 0 Å². The molecule has 0 saturated carbocycles. The quantitative estimate of drug-likeness (QED) is 0.840. The van der Waals surface area contributed by atoms with Crippen LogP contribution in [0.4, 0.5) is 18.9 Å². The average molecular weight is 312 g/mol. The Kier molecular flexibility index (Phi) is 4.85. The molecule has 1 aromatic carbocycles. The van der Waals surface area contributed by atoms with Crippen molar-refractivity contribution < 1.29 is 13.2 Å². The van der Waals surface area contributed by atoms with Crippen LogP contribution in [0.5, 0.6) is 0 Å². The third-order valence-corrected chi connectivity index (χ3v) is 4.42. The van der Waals surface area contributed by atoms with Gasteiger partial charge in [-0.3, -0.25) is 0 Å². The predicted molar refractivity (Wildman–Crippen MR) is 84.2 cm³/mol. The predicted octanol–water partition coefficient (Wildman–Crippen LogP) is 4.15. The normalized spacial score (nSPS) is 18.3. The monoisotopic (exact) mass is 312 g/mol. The number of nitrogens with one attached hydrogen (secondary N) is 1. The number of aryl methyl sites for hydroxylation is 1. The van der Waals surface area contributed by atoms with E-state index in [0.717, 1.165) is 44.1 Å². The molecule has 1 aromatic rings. The van der Waals surface area contributed by atoms with Crippen LogP contribution in [0.1, 0.15) is 30.9 Å². The lowest BCUT2D eigenvalue weighted by atomic mass is 9.89. The van der Waals surface area contributed by atoms with Crippen molar-refractivity contribution >= 4 is 5.69 Å². The minimum atomic E-state index is -4.29. The first-order chi connectivity index (χ1) is 10.2. The molecule has 0 spiro atoms. The molecule has 1 saturated heterocycles. The van der Waals surface area contributed by atoms with Crippen LogP contribution >= 0.6 is 0 Å². The minimum absolute atomic E-state index is 0.0280. The van der Waals surface area contributed by atoms with Gasteiger partial charge < -0.3 is 10.2 Å². The zero-order valence-electron chi connectivity index (χ0n) is 13.1. The van der Waals surface area contributed by atoms with Crippen molar-refractivity contribution in [1.82, 2.24) is 5.32 Å². The van der Waals surface area contributed by atoms with E-state index in [1.165, 1.54) is 6.07 Å². The first-order valence-corrected chi connectivity index (χ1v) is 7.54. The lowest BCUT2D eigenvalue weighted by Gasteiger charge is -2.41. The van der Waals surface area contributed by atoms with E-state index in [1.807, 2.05) is 13.0 Å². The topological polar surface area (TPSA) is 15.3 Å². The number of anilines is 1. The van der Waals surface area contributed by atoms with Gasteiger partial charge in [0.15, 0.2) is 0 Å². The molecule has 5 heteroatoms. The summed E-state index contributed by atoms with van der Waals surface area (Å²) >= 11 is 0. The van der Waals surface area contributed by atoms with Gasteiger partial charge in [-0.1, -0.05) is 12.1 Å². The number of hydrogen-bond donors (Lipinski definition) is 1. The second kappa shape index (κ2) is 6.32. The van der Waals surface area contributed by atoms with Crippen LogP contribution in [-0.2, 0) is 6.18 Å². The maximum Gasteiger partial charge on any atom is 0.416 e. The molecule has 122 valence electrons. The van der Waals surface area contributed by atoms with E-state index >= 15 is 0 Å². The Morgan fingerprint density at radius 2 is 1.95 bits per heavy atom. The largest absolute Gasteiger partial charge is 0.416 e. The van der Waals surface area contributed by atoms with E-state index in [0.29, 0.717) is 5.69 Å². The molecule has 0 amide bonds. The molecule has 0 atom stereocenters. The van der Waals surface area contributed by atoms with Crippen molar-refractivity contribution in [1.29, 1.82) is 0 Å². The fourth-order valence-electron chi connectivity index (χ4n) is 2.86. The van der Waals surface area contributed by atoms with Gasteiger partial charge in [-0.05, 0) is 44.4 Å². The van der Waals surface area contributed by atoms with Crippen molar-refractivity contribution in [2.75, 3.05) is 24.5 Å². The first kappa shape index (κ1) is 16.9. The Balaban J connectivity index is 2.12. The molecule has 0 radical (unpaired) electrons. The van der Waals surface area contributed by atoms with E-state index in [-0.39, 0.29) is 5.54 Å². The van der Waals surface area contributed by atoms with Gasteiger partial charge in [0, 0.05) is 30.9 Å². The molecular formula is C17H23F3N2. The molecule has 1 N–H and O–H groups in total. The smallest absolute Gasteiger partial charge is 0.371 e. The Morgan fingerprint density at radius 1 is 1.32 bits per heavy atom. The summed E-state index contributed by atoms with van der Waals surface area (Å²) < 4.78 is 38.7. The van der Waals surface area contributed by atoms with Crippen molar-refractivity contribution in [3.63, 3.8) is 0 Å². The van der Waals surface area contributed by atoms with Crippen LogP contribution in [-0.4, -0.2) is 25.2 Å². The second-order valence-corrected chi connectivity index (χ2v) is 6.22. The SMILES string of the molecule is C=CCNC1(C)CCN(c2cc(C(F)(F)F)ccc2C)CC1. The van der Waals surface area contributed by atoms with E-state index in [4.69, 9.17) is 0 Å². The van der Waals surface area contributed by atoms with E-state index < -0.39 is 11.7 Å². The standard InChI is InChI=1S/C17H23F3N2/c1-4-9-21-16(3)7-10-22(11-8-16)15-12-14(17(18,19)20)6-5-13(15)2/h4-6,12,21H,1,7-11H2,2-3H3. The van der Waals surface area contributed by atoms with Gasteiger partial charge in [0.25, 0.3) is 0 Å². The van der Waals surface area contributed by atoms with Crippen LogP contribution in [0.25, 0.3) is 0 Å². The number of alkyl halides is 3. The Bertz CT molecular complexity index is 529. The third kappa shape index (κ3) is 3.83. The average Bonchev–Trinajstić information content (AvgIpc) is 2.46. The molecule has 1 heterocycles. The Labute approximate surface area is 130 Å². The van der Waals surface area contributed by atoms with Gasteiger partial charge in [0.2, 0.25) is 0 Å². The van der Waals surface area contributed by atoms with Crippen LogP contribution < -0.4 is 10.2 Å². The summed E-state index contributed by atoms with van der Waals surface area (Å²) in [4.78, 5) is 2.06. The van der Waals surface area contributed by atoms with E-state index in [2.05, 4.69) is 23.7 Å². The summed E-state index contributed by atoms with van der Waals surface area (Å²) in [5, 5.41) is 3.45. The molecule has 1 aliphatic rings. The molecule has 0 bridgehead atoms. The molecule has 0 unspecified atom stereocenters. The zero-order valence-corrected chi connectivity index (χ0v) is 13.1. The van der Waals surface area contributed by atoms with Crippen LogP contribution in [0.3, 0.4) is 0 Å². The van der Waals surface area contributed by atoms with Gasteiger partial charge >= 0.3 is 6.18 Å². The summed E-state index contributed by atoms with van der Waals surface area (Å²) in [5.74, 6) is 0. The summed E-state index contributed by atoms with van der Waals surface area (Å²) in [5.41, 5.74) is 1.03. The van der Waals surface area contributed by atoms with Crippen molar-refractivity contribution in [3.05, 3.63) is 42.0 Å². The highest BCUT2D eigenvalue weighted by molar-refractivity contribution is 5.56. The minimum Gasteiger partial charge on any atom is -0.371 e. The summed E-state index contributed by atoms with van der Waals surface area (Å²) in [6.45, 7) is 9.98. The molecular weight excluding hydrogens is 289 g/mol. The highest BCUT2D eigenvalue weighted by Crippen LogP contribution is 2.35. The van der Waals surface area contributed by atoms with Gasteiger partial charge in [-0.25, -0.2) is 0 Å². The maximum absolute atomic E-state index is 12.9. The lowest BCUT2D eigenvalue weighted by Crippen LogP contribution is -2.51. The zero-order chi connectivity index (χ0) is 16.4. The van der Waals surface area contributed by atoms with Crippen LogP contribution in [0, 0.1) is 6.92 Å². The van der Waals surface area contributed by atoms with Crippen LogP contribution in [0.15, 0.2) is 30.9 Å².